The summed E-state index contributed by atoms with van der Waals surface area (Å²) in [6, 6.07) is 7.17. The summed E-state index contributed by atoms with van der Waals surface area (Å²) in [5.41, 5.74) is 1.77. The van der Waals surface area contributed by atoms with Crippen molar-refractivity contribution in [3.05, 3.63) is 48.0 Å². The summed E-state index contributed by atoms with van der Waals surface area (Å²) in [6.45, 7) is 7.77. The van der Waals surface area contributed by atoms with Gasteiger partial charge in [0.1, 0.15) is 0 Å². The van der Waals surface area contributed by atoms with E-state index in [1.54, 1.807) is 0 Å². The molecule has 1 amide bonds. The molecule has 1 aliphatic heterocycles. The quantitative estimate of drug-likeness (QED) is 0.721. The molecule has 0 radical (unpaired) electrons. The van der Waals surface area contributed by atoms with E-state index in [4.69, 9.17) is 0 Å². The van der Waals surface area contributed by atoms with E-state index in [9.17, 15) is 13.2 Å². The monoisotopic (exact) mass is 364 g/mol. The van der Waals surface area contributed by atoms with Gasteiger partial charge < -0.3 is 4.90 Å². The molecule has 0 saturated heterocycles. The predicted molar refractivity (Wildman–Crippen MR) is 101 cm³/mol. The number of hydrogen-bond acceptors (Lipinski definition) is 3. The topological polar surface area (TPSA) is 66.5 Å². The molecule has 1 aliphatic rings. The minimum Gasteiger partial charge on any atom is -0.330 e. The number of sulfonamides is 1. The van der Waals surface area contributed by atoms with Crippen molar-refractivity contribution in [2.24, 2.45) is 0 Å². The highest BCUT2D eigenvalue weighted by Gasteiger charge is 2.38. The van der Waals surface area contributed by atoms with E-state index >= 15 is 0 Å². The van der Waals surface area contributed by atoms with Crippen molar-refractivity contribution in [1.29, 1.82) is 0 Å². The van der Waals surface area contributed by atoms with Gasteiger partial charge in [0.25, 0.3) is 5.91 Å². The van der Waals surface area contributed by atoms with Gasteiger partial charge in [-0.2, -0.15) is 0 Å². The van der Waals surface area contributed by atoms with E-state index in [2.05, 4.69) is 11.3 Å². The molecule has 25 heavy (non-hydrogen) atoms. The summed E-state index contributed by atoms with van der Waals surface area (Å²) in [6.07, 6.45) is 5.75. The Kier molecular flexibility index (Phi) is 6.41. The Balaban J connectivity index is 2.43. The van der Waals surface area contributed by atoms with Crippen LogP contribution in [0.5, 0.6) is 0 Å². The Bertz CT molecular complexity index is 730. The Labute approximate surface area is 151 Å². The van der Waals surface area contributed by atoms with E-state index in [0.29, 0.717) is 19.3 Å². The largest absolute Gasteiger partial charge is 0.330 e. The minimum absolute atomic E-state index is 0.000241. The second-order valence-electron chi connectivity index (χ2n) is 6.63. The molecule has 1 aromatic rings. The maximum atomic E-state index is 13.2. The second kappa shape index (κ2) is 8.15. The third-order valence-electron chi connectivity index (χ3n) is 4.82. The molecular weight excluding hydrogens is 336 g/mol. The van der Waals surface area contributed by atoms with E-state index in [1.165, 1.54) is 0 Å². The highest BCUT2D eigenvalue weighted by atomic mass is 32.2. The van der Waals surface area contributed by atoms with Crippen LogP contribution in [-0.4, -0.2) is 43.6 Å². The number of nitrogens with one attached hydrogen (secondary N) is 1. The lowest BCUT2D eigenvalue weighted by atomic mass is 9.88. The maximum absolute atomic E-state index is 13.2. The van der Waals surface area contributed by atoms with E-state index in [-0.39, 0.29) is 24.0 Å². The number of carbonyl (C=O) groups excluding carboxylic acids is 1. The van der Waals surface area contributed by atoms with Gasteiger partial charge in [-0.1, -0.05) is 38.1 Å². The first-order valence-corrected chi connectivity index (χ1v) is 10.7. The smallest absolute Gasteiger partial charge is 0.254 e. The van der Waals surface area contributed by atoms with Gasteiger partial charge in [0, 0.05) is 23.7 Å². The molecule has 1 heterocycles. The van der Waals surface area contributed by atoms with Gasteiger partial charge in [-0.25, -0.2) is 13.1 Å². The Morgan fingerprint density at radius 1 is 1.32 bits per heavy atom. The van der Waals surface area contributed by atoms with Crippen LogP contribution in [0.4, 0.5) is 0 Å². The highest BCUT2D eigenvalue weighted by molar-refractivity contribution is 7.88. The summed E-state index contributed by atoms with van der Waals surface area (Å²) in [5.74, 6) is -0.0192. The first kappa shape index (κ1) is 19.7. The molecule has 3 unspecified atom stereocenters. The summed E-state index contributed by atoms with van der Waals surface area (Å²) in [4.78, 5) is 15.1. The second-order valence-corrected chi connectivity index (χ2v) is 8.41. The lowest BCUT2D eigenvalue weighted by Gasteiger charge is -2.44. The summed E-state index contributed by atoms with van der Waals surface area (Å²) in [7, 11) is -3.35. The molecule has 3 atom stereocenters. The predicted octanol–water partition coefficient (Wildman–Crippen LogP) is 2.74. The Morgan fingerprint density at radius 2 is 2.00 bits per heavy atom. The molecule has 0 bridgehead atoms. The van der Waals surface area contributed by atoms with Crippen molar-refractivity contribution in [2.75, 3.05) is 6.26 Å². The van der Waals surface area contributed by atoms with Gasteiger partial charge in [0.05, 0.1) is 6.26 Å². The third-order valence-corrected chi connectivity index (χ3v) is 5.55. The van der Waals surface area contributed by atoms with Crippen LogP contribution in [0.3, 0.4) is 0 Å². The van der Waals surface area contributed by atoms with E-state index in [1.807, 2.05) is 49.1 Å². The molecule has 0 fully saturated rings. The van der Waals surface area contributed by atoms with Crippen molar-refractivity contribution in [3.63, 3.8) is 0 Å². The standard InChI is InChI=1S/C19H28N2O3S/c1-5-10-15-13-14-11-8-9-12-16(14)19(22)21(15)18(7-3)17(6-2)20-25(4,23)24/h5,8-9,11-12,15,17-18,20H,1,6-7,10,13H2,2-4H3. The first-order chi connectivity index (χ1) is 11.8. The highest BCUT2D eigenvalue weighted by Crippen LogP contribution is 2.29. The molecule has 138 valence electrons. The molecular formula is C19H28N2O3S. The lowest BCUT2D eigenvalue weighted by molar-refractivity contribution is 0.0479. The Hall–Kier alpha value is -1.66. The minimum atomic E-state index is -3.35. The number of amides is 1. The average molecular weight is 365 g/mol. The Morgan fingerprint density at radius 3 is 2.56 bits per heavy atom. The van der Waals surface area contributed by atoms with Crippen molar-refractivity contribution in [1.82, 2.24) is 9.62 Å². The maximum Gasteiger partial charge on any atom is 0.254 e. The molecule has 0 spiro atoms. The van der Waals surface area contributed by atoms with Crippen LogP contribution in [-0.2, 0) is 16.4 Å². The van der Waals surface area contributed by atoms with Crippen LogP contribution in [0.2, 0.25) is 0 Å². The molecule has 0 aliphatic carbocycles. The number of fused-ring (bicyclic) bond motifs is 1. The van der Waals surface area contributed by atoms with Crippen molar-refractivity contribution in [2.45, 2.75) is 57.7 Å². The third kappa shape index (κ3) is 4.50. The van der Waals surface area contributed by atoms with Gasteiger partial charge >= 0.3 is 0 Å². The zero-order chi connectivity index (χ0) is 18.6. The number of carbonyl (C=O) groups is 1. The zero-order valence-corrected chi connectivity index (χ0v) is 16.1. The van der Waals surface area contributed by atoms with Crippen LogP contribution in [0.1, 0.15) is 49.0 Å². The van der Waals surface area contributed by atoms with Crippen LogP contribution in [0.15, 0.2) is 36.9 Å². The van der Waals surface area contributed by atoms with Gasteiger partial charge in [0.15, 0.2) is 0 Å². The van der Waals surface area contributed by atoms with E-state index in [0.717, 1.165) is 23.8 Å². The van der Waals surface area contributed by atoms with Crippen molar-refractivity contribution in [3.8, 4) is 0 Å². The van der Waals surface area contributed by atoms with Crippen LogP contribution < -0.4 is 4.72 Å². The molecule has 0 saturated carbocycles. The summed E-state index contributed by atoms with van der Waals surface area (Å²) in [5, 5.41) is 0. The van der Waals surface area contributed by atoms with Crippen LogP contribution in [0.25, 0.3) is 0 Å². The zero-order valence-electron chi connectivity index (χ0n) is 15.2. The number of hydrogen-bond donors (Lipinski definition) is 1. The van der Waals surface area contributed by atoms with Crippen molar-refractivity contribution >= 4 is 15.9 Å². The summed E-state index contributed by atoms with van der Waals surface area (Å²) < 4.78 is 26.2. The molecule has 1 aromatic carbocycles. The van der Waals surface area contributed by atoms with Crippen molar-refractivity contribution < 1.29 is 13.2 Å². The molecule has 0 aromatic heterocycles. The normalized spacial score (nSPS) is 20.0. The molecule has 2 rings (SSSR count). The number of nitrogens with zero attached hydrogens (tertiary/aromatic N) is 1. The molecule has 5 nitrogen and oxygen atoms in total. The molecule has 6 heteroatoms. The number of rotatable bonds is 8. The molecule has 1 N–H and O–H groups in total. The first-order valence-electron chi connectivity index (χ1n) is 8.81. The van der Waals surface area contributed by atoms with Crippen LogP contribution in [0, 0.1) is 0 Å². The lowest BCUT2D eigenvalue weighted by Crippen LogP contribution is -2.58. The average Bonchev–Trinajstić information content (AvgIpc) is 2.56. The van der Waals surface area contributed by atoms with Crippen LogP contribution >= 0.6 is 0 Å². The van der Waals surface area contributed by atoms with Gasteiger partial charge in [-0.05, 0) is 37.3 Å². The number of benzene rings is 1. The summed E-state index contributed by atoms with van der Waals surface area (Å²) >= 11 is 0. The SMILES string of the molecule is C=CCC1Cc2ccccc2C(=O)N1C(CC)C(CC)NS(C)(=O)=O. The van der Waals surface area contributed by atoms with E-state index < -0.39 is 10.0 Å². The van der Waals surface area contributed by atoms with Gasteiger partial charge in [-0.3, -0.25) is 4.79 Å². The van der Waals surface area contributed by atoms with Gasteiger partial charge in [0.2, 0.25) is 10.0 Å². The fraction of sp³-hybridized carbons (Fsp3) is 0.526. The van der Waals surface area contributed by atoms with Gasteiger partial charge in [-0.15, -0.1) is 6.58 Å². The fourth-order valence-corrected chi connectivity index (χ4v) is 4.63. The fourth-order valence-electron chi connectivity index (χ4n) is 3.76.